The molecule has 0 spiro atoms. The van der Waals surface area contributed by atoms with Gasteiger partial charge in [-0.25, -0.2) is 0 Å². The second-order valence-electron chi connectivity index (χ2n) is 4.01. The van der Waals surface area contributed by atoms with E-state index < -0.39 is 0 Å². The van der Waals surface area contributed by atoms with Crippen LogP contribution in [-0.4, -0.2) is 16.9 Å². The van der Waals surface area contributed by atoms with E-state index in [0.717, 1.165) is 0 Å². The Morgan fingerprint density at radius 1 is 1.08 bits per heavy atom. The molecule has 2 nitrogen and oxygen atoms in total. The van der Waals surface area contributed by atoms with Crippen LogP contribution in [0.25, 0.3) is 0 Å². The van der Waals surface area contributed by atoms with E-state index in [1.54, 1.807) is 6.92 Å². The second-order valence-corrected chi connectivity index (χ2v) is 5.38. The molecule has 0 bridgehead atoms. The highest BCUT2D eigenvalue weighted by Crippen LogP contribution is 2.17. The van der Waals surface area contributed by atoms with Crippen molar-refractivity contribution in [2.45, 2.75) is 45.5 Å². The molecular formula is C10H19BrO2. The molecule has 78 valence electrons. The average Bonchev–Trinajstić information content (AvgIpc) is 1.97. The summed E-state index contributed by atoms with van der Waals surface area (Å²) < 4.78 is 5.35. The lowest BCUT2D eigenvalue weighted by Crippen LogP contribution is -2.31. The van der Waals surface area contributed by atoms with Gasteiger partial charge >= 0.3 is 5.97 Å². The van der Waals surface area contributed by atoms with Crippen molar-refractivity contribution in [2.24, 2.45) is 11.8 Å². The predicted molar refractivity (Wildman–Crippen MR) is 57.9 cm³/mol. The molecule has 0 radical (unpaired) electrons. The molecule has 0 fully saturated rings. The van der Waals surface area contributed by atoms with E-state index in [-0.39, 0.29) is 16.9 Å². The topological polar surface area (TPSA) is 26.3 Å². The number of ether oxygens (including phenoxy) is 1. The molecule has 1 atom stereocenters. The number of halogens is 1. The van der Waals surface area contributed by atoms with Gasteiger partial charge in [-0.3, -0.25) is 4.79 Å². The van der Waals surface area contributed by atoms with Crippen molar-refractivity contribution >= 4 is 21.9 Å². The second kappa shape index (κ2) is 5.63. The van der Waals surface area contributed by atoms with E-state index in [0.29, 0.717) is 11.8 Å². The van der Waals surface area contributed by atoms with E-state index in [2.05, 4.69) is 43.6 Å². The van der Waals surface area contributed by atoms with Crippen molar-refractivity contribution < 1.29 is 9.53 Å². The third-order valence-corrected chi connectivity index (χ3v) is 2.26. The van der Waals surface area contributed by atoms with Crippen LogP contribution in [0.3, 0.4) is 0 Å². The first kappa shape index (κ1) is 12.9. The Balaban J connectivity index is 4.19. The molecule has 13 heavy (non-hydrogen) atoms. The number of esters is 1. The molecule has 0 aliphatic carbocycles. The highest BCUT2D eigenvalue weighted by Gasteiger charge is 2.23. The summed E-state index contributed by atoms with van der Waals surface area (Å²) in [6.07, 6.45) is 0.0208. The minimum Gasteiger partial charge on any atom is -0.461 e. The lowest BCUT2D eigenvalue weighted by atomic mass is 9.96. The highest BCUT2D eigenvalue weighted by atomic mass is 79.9. The monoisotopic (exact) mass is 250 g/mol. The molecule has 0 aromatic carbocycles. The van der Waals surface area contributed by atoms with Crippen LogP contribution in [0, 0.1) is 11.8 Å². The first-order chi connectivity index (χ1) is 5.86. The van der Waals surface area contributed by atoms with Crippen LogP contribution in [0.15, 0.2) is 0 Å². The fraction of sp³-hybridized carbons (Fsp3) is 0.900. The summed E-state index contributed by atoms with van der Waals surface area (Å²) in [5.74, 6) is 0.567. The van der Waals surface area contributed by atoms with Gasteiger partial charge < -0.3 is 4.74 Å². The summed E-state index contributed by atoms with van der Waals surface area (Å²) in [4.78, 5) is 11.1. The molecule has 0 aliphatic rings. The average molecular weight is 251 g/mol. The Kier molecular flexibility index (Phi) is 5.61. The lowest BCUT2D eigenvalue weighted by molar-refractivity contribution is -0.152. The van der Waals surface area contributed by atoms with Gasteiger partial charge in [0.15, 0.2) is 0 Å². The van der Waals surface area contributed by atoms with E-state index >= 15 is 0 Å². The molecule has 0 aromatic heterocycles. The van der Waals surface area contributed by atoms with Gasteiger partial charge in [-0.2, -0.15) is 0 Å². The zero-order valence-corrected chi connectivity index (χ0v) is 10.6. The maximum atomic E-state index is 11.3. The van der Waals surface area contributed by atoms with Crippen molar-refractivity contribution in [2.75, 3.05) is 0 Å². The molecule has 0 amide bonds. The summed E-state index contributed by atoms with van der Waals surface area (Å²) in [5, 5.41) is 0. The van der Waals surface area contributed by atoms with Crippen LogP contribution < -0.4 is 0 Å². The lowest BCUT2D eigenvalue weighted by Gasteiger charge is -2.25. The molecular weight excluding hydrogens is 232 g/mol. The number of carbonyl (C=O) groups excluding carboxylic acids is 1. The van der Waals surface area contributed by atoms with E-state index in [4.69, 9.17) is 4.74 Å². The zero-order valence-electron chi connectivity index (χ0n) is 9.00. The van der Waals surface area contributed by atoms with Gasteiger partial charge in [0, 0.05) is 0 Å². The van der Waals surface area contributed by atoms with Gasteiger partial charge in [-0.05, 0) is 18.8 Å². The SMILES string of the molecule is CC(Br)C(=O)OC(C(C)C)C(C)C. The summed E-state index contributed by atoms with van der Waals surface area (Å²) in [6, 6.07) is 0. The van der Waals surface area contributed by atoms with Crippen LogP contribution in [0.4, 0.5) is 0 Å². The van der Waals surface area contributed by atoms with Gasteiger partial charge in [-0.1, -0.05) is 43.6 Å². The summed E-state index contributed by atoms with van der Waals surface area (Å²) in [6.45, 7) is 10.0. The van der Waals surface area contributed by atoms with Gasteiger partial charge in [0.25, 0.3) is 0 Å². The summed E-state index contributed by atoms with van der Waals surface area (Å²) >= 11 is 3.19. The number of rotatable bonds is 4. The third kappa shape index (κ3) is 4.65. The van der Waals surface area contributed by atoms with E-state index in [9.17, 15) is 4.79 Å². The fourth-order valence-corrected chi connectivity index (χ4v) is 1.38. The Morgan fingerprint density at radius 3 is 1.69 bits per heavy atom. The molecule has 0 saturated heterocycles. The number of hydrogen-bond acceptors (Lipinski definition) is 2. The molecule has 0 heterocycles. The number of carbonyl (C=O) groups is 1. The van der Waals surface area contributed by atoms with Crippen LogP contribution in [0.5, 0.6) is 0 Å². The molecule has 0 saturated carbocycles. The molecule has 0 aliphatic heterocycles. The molecule has 3 heteroatoms. The standard InChI is InChI=1S/C10H19BrO2/c1-6(2)9(7(3)4)13-10(12)8(5)11/h6-9H,1-5H3. The minimum absolute atomic E-state index is 0.0208. The Morgan fingerprint density at radius 2 is 1.46 bits per heavy atom. The summed E-state index contributed by atoms with van der Waals surface area (Å²) in [7, 11) is 0. The van der Waals surface area contributed by atoms with Crippen LogP contribution in [0.2, 0.25) is 0 Å². The van der Waals surface area contributed by atoms with Gasteiger partial charge in [0.2, 0.25) is 0 Å². The van der Waals surface area contributed by atoms with Gasteiger partial charge in [0.05, 0.1) is 0 Å². The molecule has 0 rings (SSSR count). The van der Waals surface area contributed by atoms with E-state index in [1.165, 1.54) is 0 Å². The van der Waals surface area contributed by atoms with Gasteiger partial charge in [-0.15, -0.1) is 0 Å². The maximum Gasteiger partial charge on any atom is 0.319 e. The van der Waals surface area contributed by atoms with Crippen molar-refractivity contribution in [1.29, 1.82) is 0 Å². The highest BCUT2D eigenvalue weighted by molar-refractivity contribution is 9.10. The Bertz CT molecular complexity index is 156. The fourth-order valence-electron chi connectivity index (χ4n) is 1.27. The largest absolute Gasteiger partial charge is 0.461 e. The van der Waals surface area contributed by atoms with Crippen molar-refractivity contribution in [3.63, 3.8) is 0 Å². The van der Waals surface area contributed by atoms with Crippen LogP contribution in [-0.2, 0) is 9.53 Å². The van der Waals surface area contributed by atoms with E-state index in [1.807, 2.05) is 0 Å². The van der Waals surface area contributed by atoms with Gasteiger partial charge in [0.1, 0.15) is 10.9 Å². The summed E-state index contributed by atoms with van der Waals surface area (Å²) in [5.41, 5.74) is 0. The Labute approximate surface area is 89.2 Å². The number of hydrogen-bond donors (Lipinski definition) is 0. The van der Waals surface area contributed by atoms with Crippen LogP contribution >= 0.6 is 15.9 Å². The quantitative estimate of drug-likeness (QED) is 0.567. The van der Waals surface area contributed by atoms with Crippen LogP contribution in [0.1, 0.15) is 34.6 Å². The zero-order chi connectivity index (χ0) is 10.6. The first-order valence-corrected chi connectivity index (χ1v) is 5.62. The molecule has 0 N–H and O–H groups in total. The Hall–Kier alpha value is -0.0500. The minimum atomic E-state index is -0.215. The maximum absolute atomic E-state index is 11.3. The van der Waals surface area contributed by atoms with Crippen molar-refractivity contribution in [1.82, 2.24) is 0 Å². The normalized spacial score (nSPS) is 13.9. The van der Waals surface area contributed by atoms with Crippen molar-refractivity contribution in [3.8, 4) is 0 Å². The smallest absolute Gasteiger partial charge is 0.319 e. The first-order valence-electron chi connectivity index (χ1n) is 4.70. The molecule has 0 aromatic rings. The van der Waals surface area contributed by atoms with Crippen molar-refractivity contribution in [3.05, 3.63) is 0 Å². The molecule has 1 unspecified atom stereocenters. The third-order valence-electron chi connectivity index (χ3n) is 1.89. The predicted octanol–water partition coefficient (Wildman–Crippen LogP) is 2.99. The number of alkyl halides is 1.